The Balaban J connectivity index is 1.37. The first-order chi connectivity index (χ1) is 14.0. The summed E-state index contributed by atoms with van der Waals surface area (Å²) < 4.78 is 16.2. The maximum atomic E-state index is 12.8. The van der Waals surface area contributed by atoms with Gasteiger partial charge < -0.3 is 19.5 Å². The highest BCUT2D eigenvalue weighted by atomic mass is 16.5. The third-order valence-corrected chi connectivity index (χ3v) is 7.75. The van der Waals surface area contributed by atoms with E-state index in [1.54, 1.807) is 21.3 Å². The van der Waals surface area contributed by atoms with Gasteiger partial charge in [0.05, 0.1) is 21.3 Å². The number of aryl methyl sites for hydroxylation is 1. The Morgan fingerprint density at radius 1 is 1.00 bits per heavy atom. The second-order valence-corrected chi connectivity index (χ2v) is 9.60. The molecule has 4 fully saturated rings. The number of hydrogen-bond acceptors (Lipinski definition) is 4. The highest BCUT2D eigenvalue weighted by Gasteiger charge is 2.53. The Labute approximate surface area is 174 Å². The lowest BCUT2D eigenvalue weighted by Crippen LogP contribution is -2.55. The van der Waals surface area contributed by atoms with Crippen LogP contribution in [0.15, 0.2) is 12.1 Å². The third-order valence-electron chi connectivity index (χ3n) is 7.75. The summed E-state index contributed by atoms with van der Waals surface area (Å²) in [5.74, 6) is 4.69. The number of rotatable bonds is 8. The standard InChI is InChI=1S/C24H35NO4/c1-15(24-12-17-7-18(13-24)9-19(8-17)14-24)25-22(26)6-5-16-10-20(27-2)23(29-4)21(11-16)28-3/h10-11,15,17-19H,5-9,12-14H2,1-4H3,(H,25,26)/t15-,17?,18?,19?,24?/m0/s1. The van der Waals surface area contributed by atoms with Gasteiger partial charge in [-0.25, -0.2) is 0 Å². The van der Waals surface area contributed by atoms with Crippen molar-refractivity contribution in [1.29, 1.82) is 0 Å². The van der Waals surface area contributed by atoms with Crippen molar-refractivity contribution < 1.29 is 19.0 Å². The molecule has 4 aliphatic rings. The fraction of sp³-hybridized carbons (Fsp3) is 0.708. The van der Waals surface area contributed by atoms with Crippen molar-refractivity contribution in [3.8, 4) is 17.2 Å². The van der Waals surface area contributed by atoms with Crippen molar-refractivity contribution in [3.05, 3.63) is 17.7 Å². The zero-order valence-electron chi connectivity index (χ0n) is 18.3. The van der Waals surface area contributed by atoms with Crippen LogP contribution >= 0.6 is 0 Å². The van der Waals surface area contributed by atoms with E-state index in [9.17, 15) is 4.79 Å². The summed E-state index contributed by atoms with van der Waals surface area (Å²) in [6.07, 6.45) is 9.35. The predicted octanol–water partition coefficient (Wildman–Crippen LogP) is 4.37. The minimum Gasteiger partial charge on any atom is -0.493 e. The average molecular weight is 402 g/mol. The first kappa shape index (κ1) is 20.4. The number of carbonyl (C=O) groups excluding carboxylic acids is 1. The lowest BCUT2D eigenvalue weighted by Gasteiger charge is -2.59. The molecule has 0 radical (unpaired) electrons. The van der Waals surface area contributed by atoms with Crippen LogP contribution in [0.5, 0.6) is 17.2 Å². The van der Waals surface area contributed by atoms with Gasteiger partial charge in [0.15, 0.2) is 11.5 Å². The van der Waals surface area contributed by atoms with Crippen LogP contribution in [0.2, 0.25) is 0 Å². The molecule has 0 unspecified atom stereocenters. The first-order valence-corrected chi connectivity index (χ1v) is 11.0. The predicted molar refractivity (Wildman–Crippen MR) is 113 cm³/mol. The van der Waals surface area contributed by atoms with E-state index in [1.807, 2.05) is 12.1 Å². The topological polar surface area (TPSA) is 56.8 Å². The summed E-state index contributed by atoms with van der Waals surface area (Å²) in [4.78, 5) is 12.8. The largest absolute Gasteiger partial charge is 0.493 e. The van der Waals surface area contributed by atoms with E-state index in [4.69, 9.17) is 14.2 Å². The van der Waals surface area contributed by atoms with Crippen LogP contribution in [-0.4, -0.2) is 33.3 Å². The normalized spacial score (nSPS) is 30.7. The van der Waals surface area contributed by atoms with E-state index in [0.717, 1.165) is 23.3 Å². The van der Waals surface area contributed by atoms with Crippen LogP contribution in [0, 0.1) is 23.2 Å². The zero-order valence-corrected chi connectivity index (χ0v) is 18.3. The number of methoxy groups -OCH3 is 3. The second-order valence-electron chi connectivity index (χ2n) is 9.60. The Kier molecular flexibility index (Phi) is 5.67. The first-order valence-electron chi connectivity index (χ1n) is 11.0. The van der Waals surface area contributed by atoms with Gasteiger partial charge in [-0.1, -0.05) is 0 Å². The van der Waals surface area contributed by atoms with Gasteiger partial charge in [0.2, 0.25) is 11.7 Å². The highest BCUT2D eigenvalue weighted by molar-refractivity contribution is 5.76. The van der Waals surface area contributed by atoms with E-state index < -0.39 is 0 Å². The van der Waals surface area contributed by atoms with Crippen molar-refractivity contribution in [3.63, 3.8) is 0 Å². The molecule has 0 spiro atoms. The number of benzene rings is 1. The molecule has 4 bridgehead atoms. The van der Waals surface area contributed by atoms with Crippen molar-refractivity contribution in [2.75, 3.05) is 21.3 Å². The number of nitrogens with one attached hydrogen (secondary N) is 1. The summed E-state index contributed by atoms with van der Waals surface area (Å²) >= 11 is 0. The Morgan fingerprint density at radius 3 is 1.97 bits per heavy atom. The van der Waals surface area contributed by atoms with Crippen LogP contribution in [-0.2, 0) is 11.2 Å². The summed E-state index contributed by atoms with van der Waals surface area (Å²) in [7, 11) is 4.82. The molecule has 4 aliphatic carbocycles. The molecule has 29 heavy (non-hydrogen) atoms. The molecule has 1 aromatic carbocycles. The molecule has 1 atom stereocenters. The van der Waals surface area contributed by atoms with Crippen molar-refractivity contribution in [2.24, 2.45) is 23.2 Å². The number of hydrogen-bond donors (Lipinski definition) is 1. The molecule has 1 aromatic rings. The van der Waals surface area contributed by atoms with Gasteiger partial charge in [0.25, 0.3) is 0 Å². The van der Waals surface area contributed by atoms with Crippen molar-refractivity contribution in [2.45, 2.75) is 64.3 Å². The monoisotopic (exact) mass is 401 g/mol. The van der Waals surface area contributed by atoms with Gasteiger partial charge in [-0.15, -0.1) is 0 Å². The Morgan fingerprint density at radius 2 is 1.52 bits per heavy atom. The van der Waals surface area contributed by atoms with Crippen molar-refractivity contribution >= 4 is 5.91 Å². The second kappa shape index (κ2) is 8.08. The van der Waals surface area contributed by atoms with E-state index >= 15 is 0 Å². The van der Waals surface area contributed by atoms with Gasteiger partial charge in [0.1, 0.15) is 0 Å². The molecule has 4 saturated carbocycles. The summed E-state index contributed by atoms with van der Waals surface area (Å²) in [5.41, 5.74) is 1.36. The van der Waals surface area contributed by atoms with Gasteiger partial charge in [-0.3, -0.25) is 4.79 Å². The van der Waals surface area contributed by atoms with Crippen LogP contribution < -0.4 is 19.5 Å². The third kappa shape index (κ3) is 3.93. The smallest absolute Gasteiger partial charge is 0.220 e. The van der Waals surface area contributed by atoms with Gasteiger partial charge in [0, 0.05) is 12.5 Å². The number of amides is 1. The van der Waals surface area contributed by atoms with Crippen LogP contribution in [0.1, 0.15) is 57.4 Å². The fourth-order valence-electron chi connectivity index (χ4n) is 6.71. The van der Waals surface area contributed by atoms with E-state index in [2.05, 4.69) is 12.2 Å². The van der Waals surface area contributed by atoms with Crippen LogP contribution in [0.25, 0.3) is 0 Å². The Bertz CT molecular complexity index is 699. The molecular formula is C24H35NO4. The van der Waals surface area contributed by atoms with E-state index in [1.165, 1.54) is 38.5 Å². The molecule has 5 rings (SSSR count). The molecule has 5 nitrogen and oxygen atoms in total. The molecule has 0 aliphatic heterocycles. The maximum Gasteiger partial charge on any atom is 0.220 e. The highest BCUT2D eigenvalue weighted by Crippen LogP contribution is 2.61. The molecule has 0 saturated heterocycles. The van der Waals surface area contributed by atoms with Crippen molar-refractivity contribution in [1.82, 2.24) is 5.32 Å². The fourth-order valence-corrected chi connectivity index (χ4v) is 6.71. The van der Waals surface area contributed by atoms with Gasteiger partial charge >= 0.3 is 0 Å². The van der Waals surface area contributed by atoms with E-state index in [-0.39, 0.29) is 11.9 Å². The lowest BCUT2D eigenvalue weighted by molar-refractivity contribution is -0.125. The number of carbonyl (C=O) groups is 1. The molecule has 1 N–H and O–H groups in total. The zero-order chi connectivity index (χ0) is 20.6. The molecule has 160 valence electrons. The average Bonchev–Trinajstić information content (AvgIpc) is 2.70. The minimum atomic E-state index is 0.141. The lowest BCUT2D eigenvalue weighted by atomic mass is 9.48. The summed E-state index contributed by atoms with van der Waals surface area (Å²) in [6.45, 7) is 2.24. The van der Waals surface area contributed by atoms with Gasteiger partial charge in [-0.2, -0.15) is 0 Å². The molecule has 5 heteroatoms. The van der Waals surface area contributed by atoms with Crippen LogP contribution in [0.4, 0.5) is 0 Å². The summed E-state index contributed by atoms with van der Waals surface area (Å²) in [6, 6.07) is 4.12. The number of ether oxygens (including phenoxy) is 3. The van der Waals surface area contributed by atoms with E-state index in [0.29, 0.717) is 35.5 Å². The minimum absolute atomic E-state index is 0.141. The molecule has 0 aromatic heterocycles. The molecular weight excluding hydrogens is 366 g/mol. The molecule has 0 heterocycles. The quantitative estimate of drug-likeness (QED) is 0.703. The van der Waals surface area contributed by atoms with Gasteiger partial charge in [-0.05, 0) is 92.7 Å². The SMILES string of the molecule is COc1cc(CCC(=O)N[C@@H](C)C23CC4CC(CC(C4)C2)C3)cc(OC)c1OC. The molecule has 1 amide bonds. The maximum absolute atomic E-state index is 12.8. The Hall–Kier alpha value is -1.91. The summed E-state index contributed by atoms with van der Waals surface area (Å²) in [5, 5.41) is 3.36. The van der Waals surface area contributed by atoms with Crippen LogP contribution in [0.3, 0.4) is 0 Å².